The van der Waals surface area contributed by atoms with Crippen molar-refractivity contribution in [3.63, 3.8) is 0 Å². The van der Waals surface area contributed by atoms with E-state index in [0.717, 1.165) is 33.5 Å². The molecular formula is C29H30N2O4. The van der Waals surface area contributed by atoms with Gasteiger partial charge in [0.1, 0.15) is 0 Å². The standard InChI is InChI=1S/C29H30N2O4/c1-4-29(17-26(32)33)13-12-21-16-20(8-10-25(21)27(29)34)24-11-9-23(15-19(24)3)31-28(35)30-22-7-5-6-18(2)14-22/h5-11,14-16H,4,12-13,17H2,1-3H3,(H,32,33)(H2,30,31,35). The molecule has 6 nitrogen and oxygen atoms in total. The number of fused-ring (bicyclic) bond motifs is 1. The molecule has 0 fully saturated rings. The third-order valence-electron chi connectivity index (χ3n) is 6.94. The van der Waals surface area contributed by atoms with E-state index >= 15 is 0 Å². The summed E-state index contributed by atoms with van der Waals surface area (Å²) in [7, 11) is 0. The minimum absolute atomic E-state index is 0.0638. The Morgan fingerprint density at radius 1 is 0.943 bits per heavy atom. The number of aryl methyl sites for hydroxylation is 3. The van der Waals surface area contributed by atoms with Crippen molar-refractivity contribution < 1.29 is 19.5 Å². The molecule has 4 rings (SSSR count). The SMILES string of the molecule is CCC1(CC(=O)O)CCc2cc(-c3ccc(NC(=O)Nc4cccc(C)c4)cc3C)ccc2C1=O. The van der Waals surface area contributed by atoms with E-state index in [2.05, 4.69) is 10.6 Å². The number of ketones is 1. The summed E-state index contributed by atoms with van der Waals surface area (Å²) in [6.07, 6.45) is 1.61. The van der Waals surface area contributed by atoms with Crippen molar-refractivity contribution >= 4 is 29.2 Å². The fourth-order valence-electron chi connectivity index (χ4n) is 4.96. The maximum atomic E-state index is 13.2. The van der Waals surface area contributed by atoms with Gasteiger partial charge in [0.2, 0.25) is 0 Å². The number of aliphatic carboxylic acids is 1. The highest BCUT2D eigenvalue weighted by Gasteiger charge is 2.42. The molecule has 0 aliphatic heterocycles. The van der Waals surface area contributed by atoms with Crippen molar-refractivity contribution in [2.45, 2.75) is 46.5 Å². The molecule has 2 amide bonds. The molecule has 1 atom stereocenters. The van der Waals surface area contributed by atoms with Gasteiger partial charge in [-0.15, -0.1) is 0 Å². The van der Waals surface area contributed by atoms with Gasteiger partial charge in [-0.05, 0) is 85.2 Å². The monoisotopic (exact) mass is 470 g/mol. The highest BCUT2D eigenvalue weighted by atomic mass is 16.4. The summed E-state index contributed by atoms with van der Waals surface area (Å²) in [5.74, 6) is -0.997. The highest BCUT2D eigenvalue weighted by Crippen LogP contribution is 2.42. The Balaban J connectivity index is 1.52. The molecule has 3 aromatic carbocycles. The first-order valence-corrected chi connectivity index (χ1v) is 11.9. The van der Waals surface area contributed by atoms with Gasteiger partial charge in [-0.25, -0.2) is 4.79 Å². The molecule has 3 aromatic rings. The second kappa shape index (κ2) is 9.74. The molecule has 1 aliphatic rings. The second-order valence-corrected chi connectivity index (χ2v) is 9.38. The van der Waals surface area contributed by atoms with Crippen molar-refractivity contribution in [3.8, 4) is 11.1 Å². The van der Waals surface area contributed by atoms with Gasteiger partial charge in [0.05, 0.1) is 6.42 Å². The van der Waals surface area contributed by atoms with E-state index in [1.807, 2.05) is 81.4 Å². The number of carbonyl (C=O) groups excluding carboxylic acids is 2. The predicted octanol–water partition coefficient (Wildman–Crippen LogP) is 6.61. The van der Waals surface area contributed by atoms with Crippen molar-refractivity contribution in [1.82, 2.24) is 0 Å². The molecule has 35 heavy (non-hydrogen) atoms. The summed E-state index contributed by atoms with van der Waals surface area (Å²) in [6, 6.07) is 18.8. The van der Waals surface area contributed by atoms with Crippen LogP contribution in [0.3, 0.4) is 0 Å². The second-order valence-electron chi connectivity index (χ2n) is 9.38. The average Bonchev–Trinajstić information content (AvgIpc) is 2.80. The number of carboxylic acids is 1. The van der Waals surface area contributed by atoms with Crippen LogP contribution in [-0.4, -0.2) is 22.9 Å². The minimum atomic E-state index is -0.933. The summed E-state index contributed by atoms with van der Waals surface area (Å²) in [4.78, 5) is 37.0. The topological polar surface area (TPSA) is 95.5 Å². The summed E-state index contributed by atoms with van der Waals surface area (Å²) < 4.78 is 0. The molecule has 0 aromatic heterocycles. The van der Waals surface area contributed by atoms with Crippen LogP contribution >= 0.6 is 0 Å². The van der Waals surface area contributed by atoms with Crippen LogP contribution in [0, 0.1) is 19.3 Å². The largest absolute Gasteiger partial charge is 0.481 e. The predicted molar refractivity (Wildman–Crippen MR) is 138 cm³/mol. The fourth-order valence-corrected chi connectivity index (χ4v) is 4.96. The summed E-state index contributed by atoms with van der Waals surface area (Å²) in [6.45, 7) is 5.84. The summed E-state index contributed by atoms with van der Waals surface area (Å²) in [5.41, 5.74) is 6.26. The molecule has 0 bridgehead atoms. The Morgan fingerprint density at radius 2 is 1.66 bits per heavy atom. The van der Waals surface area contributed by atoms with Crippen LogP contribution in [0.25, 0.3) is 11.1 Å². The van der Waals surface area contributed by atoms with Crippen molar-refractivity contribution in [3.05, 3.63) is 82.9 Å². The molecular weight excluding hydrogens is 440 g/mol. The van der Waals surface area contributed by atoms with Crippen LogP contribution in [0.1, 0.15) is 53.2 Å². The average molecular weight is 471 g/mol. The molecule has 3 N–H and O–H groups in total. The van der Waals surface area contributed by atoms with E-state index < -0.39 is 11.4 Å². The zero-order chi connectivity index (χ0) is 25.2. The maximum absolute atomic E-state index is 13.2. The normalized spacial score (nSPS) is 16.9. The van der Waals surface area contributed by atoms with Gasteiger partial charge in [-0.1, -0.05) is 43.3 Å². The number of nitrogens with one attached hydrogen (secondary N) is 2. The van der Waals surface area contributed by atoms with Gasteiger partial charge in [0.25, 0.3) is 0 Å². The minimum Gasteiger partial charge on any atom is -0.481 e. The van der Waals surface area contributed by atoms with Crippen LogP contribution in [0.4, 0.5) is 16.2 Å². The lowest BCUT2D eigenvalue weighted by atomic mass is 9.67. The van der Waals surface area contributed by atoms with Crippen LogP contribution < -0.4 is 10.6 Å². The Labute approximate surface area is 205 Å². The van der Waals surface area contributed by atoms with Crippen molar-refractivity contribution in [2.75, 3.05) is 10.6 Å². The van der Waals surface area contributed by atoms with E-state index in [1.54, 1.807) is 0 Å². The third kappa shape index (κ3) is 5.11. The lowest BCUT2D eigenvalue weighted by molar-refractivity contribution is -0.139. The Hall–Kier alpha value is -3.93. The van der Waals surface area contributed by atoms with Crippen molar-refractivity contribution in [2.24, 2.45) is 5.41 Å². The molecule has 0 radical (unpaired) electrons. The zero-order valence-electron chi connectivity index (χ0n) is 20.3. The fraction of sp³-hybridized carbons (Fsp3) is 0.276. The van der Waals surface area contributed by atoms with Crippen LogP contribution in [-0.2, 0) is 11.2 Å². The third-order valence-corrected chi connectivity index (χ3v) is 6.94. The molecule has 0 spiro atoms. The van der Waals surface area contributed by atoms with Crippen molar-refractivity contribution in [1.29, 1.82) is 0 Å². The molecule has 0 saturated heterocycles. The van der Waals surface area contributed by atoms with E-state index in [0.29, 0.717) is 30.5 Å². The number of benzene rings is 3. The maximum Gasteiger partial charge on any atom is 0.323 e. The molecule has 0 saturated carbocycles. The summed E-state index contributed by atoms with van der Waals surface area (Å²) in [5, 5.41) is 15.0. The first kappa shape index (κ1) is 24.2. The molecule has 180 valence electrons. The lowest BCUT2D eigenvalue weighted by Crippen LogP contribution is -2.37. The number of hydrogen-bond donors (Lipinski definition) is 3. The molecule has 1 aliphatic carbocycles. The Morgan fingerprint density at radius 3 is 2.31 bits per heavy atom. The lowest BCUT2D eigenvalue weighted by Gasteiger charge is -2.35. The number of hydrogen-bond acceptors (Lipinski definition) is 3. The van der Waals surface area contributed by atoms with E-state index in [1.165, 1.54) is 0 Å². The Kier molecular flexibility index (Phi) is 6.74. The van der Waals surface area contributed by atoms with Crippen LogP contribution in [0.2, 0.25) is 0 Å². The quantitative estimate of drug-likeness (QED) is 0.377. The van der Waals surface area contributed by atoms with Gasteiger partial charge in [0.15, 0.2) is 5.78 Å². The van der Waals surface area contributed by atoms with E-state index in [9.17, 15) is 19.5 Å². The van der Waals surface area contributed by atoms with E-state index in [-0.39, 0.29) is 18.2 Å². The van der Waals surface area contributed by atoms with Gasteiger partial charge >= 0.3 is 12.0 Å². The van der Waals surface area contributed by atoms with Gasteiger partial charge in [-0.3, -0.25) is 9.59 Å². The van der Waals surface area contributed by atoms with Gasteiger partial charge in [-0.2, -0.15) is 0 Å². The molecule has 6 heteroatoms. The van der Waals surface area contributed by atoms with Crippen LogP contribution in [0.5, 0.6) is 0 Å². The smallest absolute Gasteiger partial charge is 0.323 e. The van der Waals surface area contributed by atoms with Gasteiger partial charge in [0, 0.05) is 22.4 Å². The van der Waals surface area contributed by atoms with E-state index in [4.69, 9.17) is 0 Å². The number of amides is 2. The number of anilines is 2. The first-order valence-electron chi connectivity index (χ1n) is 11.9. The number of rotatable bonds is 6. The zero-order valence-corrected chi connectivity index (χ0v) is 20.3. The number of carboxylic acid groups (broad SMARTS) is 1. The number of carbonyl (C=O) groups is 3. The number of Topliss-reactive ketones (excluding diaryl/α,β-unsaturated/α-hetero) is 1. The number of urea groups is 1. The highest BCUT2D eigenvalue weighted by molar-refractivity contribution is 6.05. The first-order chi connectivity index (χ1) is 16.7. The van der Waals surface area contributed by atoms with Gasteiger partial charge < -0.3 is 15.7 Å². The van der Waals surface area contributed by atoms with Crippen LogP contribution in [0.15, 0.2) is 60.7 Å². The summed E-state index contributed by atoms with van der Waals surface area (Å²) >= 11 is 0. The molecule has 1 unspecified atom stereocenters. The molecule has 0 heterocycles. The Bertz CT molecular complexity index is 1310.